The number of carbonyl (C=O) groups is 3. The van der Waals surface area contributed by atoms with E-state index in [1.165, 1.54) is 23.9 Å². The minimum Gasteiger partial charge on any atom is -0.345 e. The standard InChI is InChI=1S/C17H19FN2O3S/c18-13-3-1-11(2-4-13)5-7-20-10-12(9-15(20)21)16(22)19-14-6-8-24-17(14)23/h1-4,12,14H,5-10H2,(H,19,22)/t12-,14-/m0/s1. The monoisotopic (exact) mass is 350 g/mol. The second-order valence-electron chi connectivity index (χ2n) is 6.13. The number of amides is 2. The van der Waals surface area contributed by atoms with Crippen molar-refractivity contribution >= 4 is 28.7 Å². The third kappa shape index (κ3) is 3.95. The molecule has 2 aliphatic heterocycles. The van der Waals surface area contributed by atoms with Crippen molar-refractivity contribution in [1.82, 2.24) is 10.2 Å². The Bertz CT molecular complexity index is 650. The van der Waals surface area contributed by atoms with Crippen LogP contribution in [0.25, 0.3) is 0 Å². The number of hydrogen-bond donors (Lipinski definition) is 1. The average molecular weight is 350 g/mol. The van der Waals surface area contributed by atoms with E-state index < -0.39 is 12.0 Å². The molecule has 2 amide bonds. The smallest absolute Gasteiger partial charge is 0.226 e. The van der Waals surface area contributed by atoms with E-state index in [9.17, 15) is 18.8 Å². The molecule has 0 spiro atoms. The van der Waals surface area contributed by atoms with Crippen molar-refractivity contribution in [2.75, 3.05) is 18.8 Å². The molecule has 0 saturated carbocycles. The van der Waals surface area contributed by atoms with Crippen molar-refractivity contribution in [2.45, 2.75) is 25.3 Å². The quantitative estimate of drug-likeness (QED) is 0.871. The van der Waals surface area contributed by atoms with Gasteiger partial charge in [0, 0.05) is 25.3 Å². The van der Waals surface area contributed by atoms with E-state index in [0.29, 0.717) is 25.9 Å². The molecule has 24 heavy (non-hydrogen) atoms. The average Bonchev–Trinajstić information content (AvgIpc) is 3.13. The topological polar surface area (TPSA) is 66.5 Å². The van der Waals surface area contributed by atoms with Crippen LogP contribution in [0.4, 0.5) is 4.39 Å². The molecule has 2 fully saturated rings. The fourth-order valence-electron chi connectivity index (χ4n) is 3.00. The van der Waals surface area contributed by atoms with Gasteiger partial charge in [0.15, 0.2) is 0 Å². The lowest BCUT2D eigenvalue weighted by atomic mass is 10.1. The molecule has 1 aromatic rings. The highest BCUT2D eigenvalue weighted by Gasteiger charge is 2.36. The predicted octanol–water partition coefficient (Wildman–Crippen LogP) is 1.36. The zero-order chi connectivity index (χ0) is 17.1. The fourth-order valence-corrected chi connectivity index (χ4v) is 3.93. The Morgan fingerprint density at radius 3 is 2.71 bits per heavy atom. The minimum absolute atomic E-state index is 0.000777. The number of rotatable bonds is 5. The Morgan fingerprint density at radius 1 is 1.29 bits per heavy atom. The molecule has 0 radical (unpaired) electrons. The van der Waals surface area contributed by atoms with Gasteiger partial charge in [0.25, 0.3) is 0 Å². The highest BCUT2D eigenvalue weighted by atomic mass is 32.2. The first-order valence-corrected chi connectivity index (χ1v) is 9.01. The molecule has 128 valence electrons. The summed E-state index contributed by atoms with van der Waals surface area (Å²) < 4.78 is 12.9. The van der Waals surface area contributed by atoms with Crippen LogP contribution in [0.1, 0.15) is 18.4 Å². The first-order valence-electron chi connectivity index (χ1n) is 8.02. The van der Waals surface area contributed by atoms with Gasteiger partial charge >= 0.3 is 0 Å². The Balaban J connectivity index is 1.50. The molecular formula is C17H19FN2O3S. The molecule has 0 aromatic heterocycles. The van der Waals surface area contributed by atoms with Gasteiger partial charge in [-0.25, -0.2) is 4.39 Å². The van der Waals surface area contributed by atoms with Crippen LogP contribution >= 0.6 is 11.8 Å². The highest BCUT2D eigenvalue weighted by Crippen LogP contribution is 2.22. The Kier molecular flexibility index (Phi) is 5.18. The summed E-state index contributed by atoms with van der Waals surface area (Å²) in [6, 6.07) is 5.78. The van der Waals surface area contributed by atoms with Gasteiger partial charge in [0.1, 0.15) is 5.82 Å². The molecule has 2 heterocycles. The highest BCUT2D eigenvalue weighted by molar-refractivity contribution is 8.14. The third-order valence-electron chi connectivity index (χ3n) is 4.42. The van der Waals surface area contributed by atoms with Crippen molar-refractivity contribution in [3.63, 3.8) is 0 Å². The van der Waals surface area contributed by atoms with Gasteiger partial charge in [-0.05, 0) is 30.5 Å². The van der Waals surface area contributed by atoms with Crippen molar-refractivity contribution in [2.24, 2.45) is 5.92 Å². The summed E-state index contributed by atoms with van der Waals surface area (Å²) in [7, 11) is 0. The number of hydrogen-bond acceptors (Lipinski definition) is 4. The number of nitrogens with zero attached hydrogens (tertiary/aromatic N) is 1. The van der Waals surface area contributed by atoms with Gasteiger partial charge in [0.2, 0.25) is 16.9 Å². The molecule has 5 nitrogen and oxygen atoms in total. The SMILES string of the molecule is O=C(N[C@H]1CCSC1=O)[C@H]1CC(=O)N(CCc2ccc(F)cc2)C1. The normalized spacial score (nSPS) is 23.8. The van der Waals surface area contributed by atoms with Gasteiger partial charge in [-0.2, -0.15) is 0 Å². The Hall–Kier alpha value is -1.89. The molecule has 3 rings (SSSR count). The van der Waals surface area contributed by atoms with Crippen LogP contribution in [0.2, 0.25) is 0 Å². The maximum atomic E-state index is 12.9. The van der Waals surface area contributed by atoms with E-state index >= 15 is 0 Å². The summed E-state index contributed by atoms with van der Waals surface area (Å²) in [6.45, 7) is 0.881. The van der Waals surface area contributed by atoms with E-state index in [-0.39, 0.29) is 29.2 Å². The zero-order valence-electron chi connectivity index (χ0n) is 13.2. The minimum atomic E-state index is -0.411. The number of carbonyl (C=O) groups excluding carboxylic acids is 3. The molecule has 1 N–H and O–H groups in total. The Morgan fingerprint density at radius 2 is 2.04 bits per heavy atom. The largest absolute Gasteiger partial charge is 0.345 e. The number of nitrogens with one attached hydrogen (secondary N) is 1. The summed E-state index contributed by atoms with van der Waals surface area (Å²) in [5, 5.41) is 2.76. The van der Waals surface area contributed by atoms with Crippen LogP contribution in [-0.2, 0) is 20.8 Å². The van der Waals surface area contributed by atoms with Gasteiger partial charge in [-0.15, -0.1) is 0 Å². The summed E-state index contributed by atoms with van der Waals surface area (Å²) in [5.41, 5.74) is 0.950. The van der Waals surface area contributed by atoms with Gasteiger partial charge < -0.3 is 10.2 Å². The van der Waals surface area contributed by atoms with Crippen molar-refractivity contribution in [3.8, 4) is 0 Å². The number of halogens is 1. The van der Waals surface area contributed by atoms with E-state index in [0.717, 1.165) is 11.3 Å². The van der Waals surface area contributed by atoms with E-state index in [2.05, 4.69) is 5.32 Å². The molecule has 0 unspecified atom stereocenters. The number of benzene rings is 1. The first kappa shape index (κ1) is 17.0. The van der Waals surface area contributed by atoms with Crippen molar-refractivity contribution in [1.29, 1.82) is 0 Å². The van der Waals surface area contributed by atoms with Crippen LogP contribution in [0.3, 0.4) is 0 Å². The fraction of sp³-hybridized carbons (Fsp3) is 0.471. The molecule has 0 bridgehead atoms. The van der Waals surface area contributed by atoms with E-state index in [1.807, 2.05) is 0 Å². The van der Waals surface area contributed by atoms with E-state index in [1.54, 1.807) is 17.0 Å². The van der Waals surface area contributed by atoms with Gasteiger partial charge in [-0.1, -0.05) is 23.9 Å². The lowest BCUT2D eigenvalue weighted by Gasteiger charge is -2.17. The third-order valence-corrected chi connectivity index (χ3v) is 5.43. The summed E-state index contributed by atoms with van der Waals surface area (Å²) in [4.78, 5) is 37.6. The lowest BCUT2D eigenvalue weighted by Crippen LogP contribution is -2.41. The molecule has 7 heteroatoms. The molecule has 0 aliphatic carbocycles. The lowest BCUT2D eigenvalue weighted by molar-refractivity contribution is -0.129. The Labute approximate surface area is 144 Å². The van der Waals surface area contributed by atoms with Crippen molar-refractivity contribution < 1.29 is 18.8 Å². The zero-order valence-corrected chi connectivity index (χ0v) is 14.0. The molecule has 1 aromatic carbocycles. The van der Waals surface area contributed by atoms with Crippen LogP contribution in [0.15, 0.2) is 24.3 Å². The van der Waals surface area contributed by atoms with E-state index in [4.69, 9.17) is 0 Å². The van der Waals surface area contributed by atoms with Crippen LogP contribution in [-0.4, -0.2) is 46.7 Å². The summed E-state index contributed by atoms with van der Waals surface area (Å²) in [6.07, 6.45) is 1.46. The second kappa shape index (κ2) is 7.34. The van der Waals surface area contributed by atoms with Crippen LogP contribution in [0.5, 0.6) is 0 Å². The molecule has 2 aliphatic rings. The molecular weight excluding hydrogens is 331 g/mol. The number of likely N-dealkylation sites (tertiary alicyclic amines) is 1. The maximum Gasteiger partial charge on any atom is 0.226 e. The maximum absolute atomic E-state index is 12.9. The molecule has 2 saturated heterocycles. The van der Waals surface area contributed by atoms with Crippen LogP contribution < -0.4 is 5.32 Å². The van der Waals surface area contributed by atoms with Crippen LogP contribution in [0, 0.1) is 11.7 Å². The summed E-state index contributed by atoms with van der Waals surface area (Å²) in [5.74, 6) is -0.216. The van der Waals surface area contributed by atoms with Gasteiger partial charge in [0.05, 0.1) is 12.0 Å². The van der Waals surface area contributed by atoms with Gasteiger partial charge in [-0.3, -0.25) is 14.4 Å². The molecule has 2 atom stereocenters. The second-order valence-corrected chi connectivity index (χ2v) is 7.23. The summed E-state index contributed by atoms with van der Waals surface area (Å²) >= 11 is 1.24. The predicted molar refractivity (Wildman–Crippen MR) is 88.8 cm³/mol. The number of thioether (sulfide) groups is 1. The first-order chi connectivity index (χ1) is 11.5. The van der Waals surface area contributed by atoms with Crippen molar-refractivity contribution in [3.05, 3.63) is 35.6 Å².